The number of carbonyl (C=O) groups excluding carboxylic acids is 1. The standard InChI is InChI=1S/C25H26O6/c1-29-22-7-6-18(24(28)31-30-21-5-3-2-4-19(21)23(26)27)11-20(22)25-12-15-8-16(13-25)10-17(9-15)14-25/h2-7,11,15-17H,8-10,12-14H2,1H3,(H,26,27). The Hall–Kier alpha value is -3.02. The average Bonchev–Trinajstić information content (AvgIpc) is 2.76. The van der Waals surface area contributed by atoms with Crippen molar-refractivity contribution >= 4 is 11.9 Å². The van der Waals surface area contributed by atoms with Gasteiger partial charge in [-0.1, -0.05) is 12.1 Å². The molecule has 162 valence electrons. The summed E-state index contributed by atoms with van der Waals surface area (Å²) in [6.07, 6.45) is 7.45. The first-order valence-electron chi connectivity index (χ1n) is 10.9. The molecule has 4 aliphatic carbocycles. The predicted octanol–water partition coefficient (Wildman–Crippen LogP) is 5.01. The van der Waals surface area contributed by atoms with Crippen molar-refractivity contribution in [2.75, 3.05) is 7.11 Å². The van der Waals surface area contributed by atoms with Crippen molar-refractivity contribution in [1.29, 1.82) is 0 Å². The fourth-order valence-corrected chi connectivity index (χ4v) is 6.54. The molecule has 31 heavy (non-hydrogen) atoms. The van der Waals surface area contributed by atoms with Gasteiger partial charge in [0.1, 0.15) is 11.3 Å². The molecule has 2 aromatic carbocycles. The van der Waals surface area contributed by atoms with Crippen molar-refractivity contribution in [2.24, 2.45) is 17.8 Å². The van der Waals surface area contributed by atoms with E-state index in [4.69, 9.17) is 14.5 Å². The summed E-state index contributed by atoms with van der Waals surface area (Å²) in [5, 5.41) is 9.26. The summed E-state index contributed by atoms with van der Waals surface area (Å²) in [5.41, 5.74) is 1.46. The summed E-state index contributed by atoms with van der Waals surface area (Å²) < 4.78 is 5.69. The minimum Gasteiger partial charge on any atom is -0.496 e. The summed E-state index contributed by atoms with van der Waals surface area (Å²) in [6, 6.07) is 11.4. The van der Waals surface area contributed by atoms with Gasteiger partial charge in [-0.25, -0.2) is 14.5 Å². The van der Waals surface area contributed by atoms with E-state index in [1.807, 2.05) is 12.1 Å². The maximum absolute atomic E-state index is 12.7. The Morgan fingerprint density at radius 1 is 0.935 bits per heavy atom. The maximum Gasteiger partial charge on any atom is 0.386 e. The monoisotopic (exact) mass is 422 g/mol. The third-order valence-electron chi connectivity index (χ3n) is 7.37. The number of aromatic carboxylic acids is 1. The van der Waals surface area contributed by atoms with E-state index in [2.05, 4.69) is 0 Å². The SMILES string of the molecule is COc1ccc(C(=O)OOc2ccccc2C(=O)O)cc1C12CC3CC(CC(C3)C1)C2. The average molecular weight is 422 g/mol. The summed E-state index contributed by atoms with van der Waals surface area (Å²) >= 11 is 0. The molecule has 6 nitrogen and oxygen atoms in total. The van der Waals surface area contributed by atoms with Gasteiger partial charge in [-0.3, -0.25) is 4.89 Å². The van der Waals surface area contributed by atoms with Crippen molar-refractivity contribution < 1.29 is 29.2 Å². The molecule has 0 amide bonds. The Balaban J connectivity index is 1.40. The molecule has 0 saturated heterocycles. The van der Waals surface area contributed by atoms with E-state index in [1.165, 1.54) is 31.4 Å². The zero-order valence-corrected chi connectivity index (χ0v) is 17.5. The number of hydrogen-bond acceptors (Lipinski definition) is 5. The molecule has 0 aromatic heterocycles. The van der Waals surface area contributed by atoms with Gasteiger partial charge in [0.05, 0.1) is 12.7 Å². The highest BCUT2D eigenvalue weighted by molar-refractivity contribution is 5.91. The summed E-state index contributed by atoms with van der Waals surface area (Å²) in [4.78, 5) is 34.2. The Morgan fingerprint density at radius 2 is 1.58 bits per heavy atom. The van der Waals surface area contributed by atoms with Gasteiger partial charge in [-0.15, -0.1) is 0 Å². The number of ether oxygens (including phenoxy) is 1. The molecule has 4 fully saturated rings. The van der Waals surface area contributed by atoms with Crippen LogP contribution in [0.1, 0.15) is 64.8 Å². The number of methoxy groups -OCH3 is 1. The van der Waals surface area contributed by atoms with Crippen molar-refractivity contribution in [1.82, 2.24) is 0 Å². The smallest absolute Gasteiger partial charge is 0.386 e. The molecule has 0 aliphatic heterocycles. The fourth-order valence-electron chi connectivity index (χ4n) is 6.54. The quantitative estimate of drug-likeness (QED) is 0.520. The van der Waals surface area contributed by atoms with Gasteiger partial charge in [0.15, 0.2) is 5.75 Å². The Labute approximate surface area is 181 Å². The van der Waals surface area contributed by atoms with E-state index in [9.17, 15) is 14.7 Å². The van der Waals surface area contributed by atoms with Crippen LogP contribution in [0.3, 0.4) is 0 Å². The second-order valence-corrected chi connectivity index (χ2v) is 9.37. The third-order valence-corrected chi connectivity index (χ3v) is 7.37. The van der Waals surface area contributed by atoms with Crippen LogP contribution in [-0.2, 0) is 10.3 Å². The molecule has 1 N–H and O–H groups in total. The van der Waals surface area contributed by atoms with Crippen LogP contribution in [0.5, 0.6) is 11.5 Å². The van der Waals surface area contributed by atoms with Crippen LogP contribution in [0.4, 0.5) is 0 Å². The number of carbonyl (C=O) groups is 2. The molecule has 0 unspecified atom stereocenters. The number of benzene rings is 2. The van der Waals surface area contributed by atoms with Crippen LogP contribution in [0.25, 0.3) is 0 Å². The molecular weight excluding hydrogens is 396 g/mol. The first kappa shape index (κ1) is 19.9. The number of para-hydroxylation sites is 1. The van der Waals surface area contributed by atoms with Gasteiger partial charge in [0, 0.05) is 5.56 Å². The molecule has 0 radical (unpaired) electrons. The van der Waals surface area contributed by atoms with E-state index >= 15 is 0 Å². The third kappa shape index (κ3) is 3.54. The number of rotatable bonds is 6. The summed E-state index contributed by atoms with van der Waals surface area (Å²) in [5.74, 6) is 1.29. The molecule has 6 heteroatoms. The Morgan fingerprint density at radius 3 is 2.19 bits per heavy atom. The molecule has 2 aromatic rings. The van der Waals surface area contributed by atoms with Crippen LogP contribution < -0.4 is 9.62 Å². The van der Waals surface area contributed by atoms with E-state index < -0.39 is 11.9 Å². The number of hydrogen-bond donors (Lipinski definition) is 1. The normalized spacial score (nSPS) is 28.2. The molecular formula is C25H26O6. The molecule has 0 heterocycles. The molecule has 6 rings (SSSR count). The van der Waals surface area contributed by atoms with Gasteiger partial charge in [0.25, 0.3) is 0 Å². The zero-order valence-electron chi connectivity index (χ0n) is 17.5. The largest absolute Gasteiger partial charge is 0.496 e. The summed E-state index contributed by atoms with van der Waals surface area (Å²) in [7, 11) is 1.67. The number of carboxylic acid groups (broad SMARTS) is 1. The van der Waals surface area contributed by atoms with Gasteiger partial charge >= 0.3 is 11.9 Å². The zero-order chi connectivity index (χ0) is 21.6. The first-order valence-corrected chi connectivity index (χ1v) is 10.9. The first-order chi connectivity index (χ1) is 15.0. The second-order valence-electron chi connectivity index (χ2n) is 9.37. The highest BCUT2D eigenvalue weighted by Gasteiger charge is 2.52. The van der Waals surface area contributed by atoms with E-state index in [1.54, 1.807) is 25.3 Å². The Kier molecular flexibility index (Phi) is 4.88. The van der Waals surface area contributed by atoms with Crippen molar-refractivity contribution in [2.45, 2.75) is 43.9 Å². The van der Waals surface area contributed by atoms with Crippen LogP contribution in [-0.4, -0.2) is 24.2 Å². The molecule has 4 saturated carbocycles. The lowest BCUT2D eigenvalue weighted by molar-refractivity contribution is -0.150. The van der Waals surface area contributed by atoms with Gasteiger partial charge in [-0.05, 0) is 92.0 Å². The molecule has 0 atom stereocenters. The highest BCUT2D eigenvalue weighted by atomic mass is 17.2. The molecule has 4 bridgehead atoms. The van der Waals surface area contributed by atoms with Crippen LogP contribution >= 0.6 is 0 Å². The lowest BCUT2D eigenvalue weighted by atomic mass is 9.48. The van der Waals surface area contributed by atoms with Crippen LogP contribution in [0.2, 0.25) is 0 Å². The van der Waals surface area contributed by atoms with Crippen LogP contribution in [0.15, 0.2) is 42.5 Å². The highest BCUT2D eigenvalue weighted by Crippen LogP contribution is 2.61. The van der Waals surface area contributed by atoms with Gasteiger partial charge < -0.3 is 9.84 Å². The minimum atomic E-state index is -1.15. The van der Waals surface area contributed by atoms with Crippen LogP contribution in [0, 0.1) is 17.8 Å². The maximum atomic E-state index is 12.7. The minimum absolute atomic E-state index is 0.0156. The second kappa shape index (κ2) is 7.59. The number of carboxylic acids is 1. The summed E-state index contributed by atoms with van der Waals surface area (Å²) in [6.45, 7) is 0. The van der Waals surface area contributed by atoms with Gasteiger partial charge in [0.2, 0.25) is 0 Å². The lowest BCUT2D eigenvalue weighted by Crippen LogP contribution is -2.48. The molecule has 4 aliphatic rings. The van der Waals surface area contributed by atoms with E-state index in [0.717, 1.165) is 48.3 Å². The van der Waals surface area contributed by atoms with Crippen molar-refractivity contribution in [3.05, 3.63) is 59.2 Å². The van der Waals surface area contributed by atoms with Crippen molar-refractivity contribution in [3.63, 3.8) is 0 Å². The fraction of sp³-hybridized carbons (Fsp3) is 0.440. The topological polar surface area (TPSA) is 82.1 Å². The lowest BCUT2D eigenvalue weighted by Gasteiger charge is -2.57. The predicted molar refractivity (Wildman–Crippen MR) is 112 cm³/mol. The van der Waals surface area contributed by atoms with E-state index in [-0.39, 0.29) is 16.7 Å². The van der Waals surface area contributed by atoms with Crippen molar-refractivity contribution in [3.8, 4) is 11.5 Å². The van der Waals surface area contributed by atoms with Gasteiger partial charge in [-0.2, -0.15) is 0 Å². The molecule has 0 spiro atoms. The Bertz CT molecular complexity index is 991. The van der Waals surface area contributed by atoms with E-state index in [0.29, 0.717) is 5.56 Å².